The second-order valence-electron chi connectivity index (χ2n) is 8.07. The van der Waals surface area contributed by atoms with E-state index in [1.165, 1.54) is 11.8 Å². The highest BCUT2D eigenvalue weighted by molar-refractivity contribution is 7.98. The summed E-state index contributed by atoms with van der Waals surface area (Å²) in [5, 5.41) is 0.430. The Hall–Kier alpha value is -2.24. The van der Waals surface area contributed by atoms with E-state index in [4.69, 9.17) is 4.74 Å². The van der Waals surface area contributed by atoms with Gasteiger partial charge in [-0.3, -0.25) is 4.79 Å². The van der Waals surface area contributed by atoms with Gasteiger partial charge in [-0.05, 0) is 27.0 Å². The summed E-state index contributed by atoms with van der Waals surface area (Å²) in [6.07, 6.45) is -3.56. The normalized spacial score (nSPS) is 17.2. The Balaban J connectivity index is 1.76. The van der Waals surface area contributed by atoms with Gasteiger partial charge in [-0.15, -0.1) is 0 Å². The zero-order chi connectivity index (χ0) is 22.3. The molecule has 2 amide bonds. The second kappa shape index (κ2) is 8.12. The van der Waals surface area contributed by atoms with Crippen LogP contribution in [0.5, 0.6) is 0 Å². The standard InChI is InChI=1S/C18H24F3N5O3S/c1-17(2,3)29-16(28)25-7-5-24(6-8-25)13-11-9-26(14(27)18(19,20)21)10-12(11)22-15(23-13)30-4/h5-10H2,1-4H3. The lowest BCUT2D eigenvalue weighted by molar-refractivity contribution is -0.186. The number of nitrogens with zero attached hydrogens (tertiary/aromatic N) is 5. The van der Waals surface area contributed by atoms with Gasteiger partial charge in [0.1, 0.15) is 11.4 Å². The fourth-order valence-corrected chi connectivity index (χ4v) is 3.70. The summed E-state index contributed by atoms with van der Waals surface area (Å²) in [5.74, 6) is -1.36. The molecular formula is C18H24F3N5O3S. The van der Waals surface area contributed by atoms with Crippen LogP contribution in [-0.2, 0) is 22.6 Å². The van der Waals surface area contributed by atoms with Crippen molar-refractivity contribution < 1.29 is 27.5 Å². The fourth-order valence-electron chi connectivity index (χ4n) is 3.32. The van der Waals surface area contributed by atoms with Crippen molar-refractivity contribution in [3.63, 3.8) is 0 Å². The average molecular weight is 447 g/mol. The minimum atomic E-state index is -4.93. The third-order valence-electron chi connectivity index (χ3n) is 4.68. The maximum Gasteiger partial charge on any atom is 0.471 e. The zero-order valence-corrected chi connectivity index (χ0v) is 18.1. The summed E-state index contributed by atoms with van der Waals surface area (Å²) in [4.78, 5) is 37.0. The molecule has 0 atom stereocenters. The predicted molar refractivity (Wildman–Crippen MR) is 104 cm³/mol. The number of anilines is 1. The van der Waals surface area contributed by atoms with E-state index in [2.05, 4.69) is 9.97 Å². The van der Waals surface area contributed by atoms with Gasteiger partial charge in [-0.1, -0.05) is 11.8 Å². The van der Waals surface area contributed by atoms with Gasteiger partial charge in [0.15, 0.2) is 5.16 Å². The maximum absolute atomic E-state index is 12.9. The monoisotopic (exact) mass is 447 g/mol. The molecule has 2 aliphatic rings. The molecule has 0 spiro atoms. The first kappa shape index (κ1) is 22.4. The number of alkyl halides is 3. The van der Waals surface area contributed by atoms with Crippen LogP contribution in [0.2, 0.25) is 0 Å². The molecule has 1 aromatic rings. The van der Waals surface area contributed by atoms with E-state index in [0.717, 1.165) is 4.90 Å². The van der Waals surface area contributed by atoms with Crippen molar-refractivity contribution in [2.45, 2.75) is 50.8 Å². The van der Waals surface area contributed by atoms with Gasteiger partial charge in [0.05, 0.1) is 18.8 Å². The van der Waals surface area contributed by atoms with E-state index in [0.29, 0.717) is 48.4 Å². The number of ether oxygens (including phenoxy) is 1. The molecule has 3 heterocycles. The van der Waals surface area contributed by atoms with Gasteiger partial charge in [-0.2, -0.15) is 13.2 Å². The minimum absolute atomic E-state index is 0.191. The van der Waals surface area contributed by atoms with E-state index < -0.39 is 23.8 Å². The van der Waals surface area contributed by atoms with E-state index >= 15 is 0 Å². The molecule has 1 saturated heterocycles. The Bertz CT molecular complexity index is 836. The van der Waals surface area contributed by atoms with Crippen LogP contribution in [-0.4, -0.2) is 76.0 Å². The number of carbonyl (C=O) groups is 2. The Morgan fingerprint density at radius 2 is 1.63 bits per heavy atom. The molecule has 0 unspecified atom stereocenters. The number of hydrogen-bond donors (Lipinski definition) is 0. The van der Waals surface area contributed by atoms with E-state index in [-0.39, 0.29) is 13.1 Å². The van der Waals surface area contributed by atoms with Gasteiger partial charge in [0, 0.05) is 31.7 Å². The fraction of sp³-hybridized carbons (Fsp3) is 0.667. The lowest BCUT2D eigenvalue weighted by atomic mass is 10.2. The first-order chi connectivity index (χ1) is 13.9. The molecule has 30 heavy (non-hydrogen) atoms. The first-order valence-corrected chi connectivity index (χ1v) is 10.6. The summed E-state index contributed by atoms with van der Waals surface area (Å²) < 4.78 is 44.0. The number of carbonyl (C=O) groups excluding carboxylic acids is 2. The van der Waals surface area contributed by atoms with Crippen LogP contribution in [0.15, 0.2) is 5.16 Å². The van der Waals surface area contributed by atoms with Crippen molar-refractivity contribution in [2.75, 3.05) is 37.3 Å². The van der Waals surface area contributed by atoms with Crippen LogP contribution in [0.4, 0.5) is 23.8 Å². The van der Waals surface area contributed by atoms with Crippen LogP contribution in [0.3, 0.4) is 0 Å². The molecule has 3 rings (SSSR count). The van der Waals surface area contributed by atoms with E-state index in [1.54, 1.807) is 31.9 Å². The van der Waals surface area contributed by atoms with Crippen molar-refractivity contribution >= 4 is 29.6 Å². The SMILES string of the molecule is CSc1nc2c(c(N3CCN(C(=O)OC(C)(C)C)CC3)n1)CN(C(=O)C(F)(F)F)C2. The van der Waals surface area contributed by atoms with Crippen molar-refractivity contribution in [3.8, 4) is 0 Å². The molecule has 1 aromatic heterocycles. The van der Waals surface area contributed by atoms with Crippen molar-refractivity contribution in [2.24, 2.45) is 0 Å². The van der Waals surface area contributed by atoms with Crippen LogP contribution in [0, 0.1) is 0 Å². The molecule has 0 N–H and O–H groups in total. The van der Waals surface area contributed by atoms with Gasteiger partial charge >= 0.3 is 18.2 Å². The Labute approximate surface area is 176 Å². The summed E-state index contributed by atoms with van der Waals surface area (Å²) in [6, 6.07) is 0. The van der Waals surface area contributed by atoms with Crippen molar-refractivity contribution in [1.82, 2.24) is 19.8 Å². The molecule has 2 aliphatic heterocycles. The highest BCUT2D eigenvalue weighted by Crippen LogP contribution is 2.34. The van der Waals surface area contributed by atoms with Crippen LogP contribution < -0.4 is 4.90 Å². The number of rotatable bonds is 2. The zero-order valence-electron chi connectivity index (χ0n) is 17.2. The number of halogens is 3. The number of aromatic nitrogens is 2. The average Bonchev–Trinajstić information content (AvgIpc) is 3.08. The molecule has 0 bridgehead atoms. The number of thioether (sulfide) groups is 1. The highest BCUT2D eigenvalue weighted by atomic mass is 32.2. The third-order valence-corrected chi connectivity index (χ3v) is 5.23. The topological polar surface area (TPSA) is 78.9 Å². The summed E-state index contributed by atoms with van der Waals surface area (Å²) in [5.41, 5.74) is 0.358. The molecule has 12 heteroatoms. The molecule has 166 valence electrons. The lowest BCUT2D eigenvalue weighted by Crippen LogP contribution is -2.50. The van der Waals surface area contributed by atoms with Crippen molar-refractivity contribution in [1.29, 1.82) is 0 Å². The molecule has 0 saturated carbocycles. The van der Waals surface area contributed by atoms with Gasteiger partial charge in [0.2, 0.25) is 0 Å². The third kappa shape index (κ3) is 4.90. The number of amides is 2. The highest BCUT2D eigenvalue weighted by Gasteiger charge is 2.45. The van der Waals surface area contributed by atoms with Crippen LogP contribution in [0.25, 0.3) is 0 Å². The smallest absolute Gasteiger partial charge is 0.444 e. The molecule has 0 aromatic carbocycles. The van der Waals surface area contributed by atoms with Crippen molar-refractivity contribution in [3.05, 3.63) is 11.3 Å². The Kier molecular flexibility index (Phi) is 6.08. The first-order valence-electron chi connectivity index (χ1n) is 9.42. The molecule has 0 aliphatic carbocycles. The summed E-state index contributed by atoms with van der Waals surface area (Å²) in [6.45, 7) is 6.68. The number of hydrogen-bond acceptors (Lipinski definition) is 7. The Morgan fingerprint density at radius 1 is 1.00 bits per heavy atom. The Morgan fingerprint density at radius 3 is 2.17 bits per heavy atom. The molecule has 1 fully saturated rings. The molecular weight excluding hydrogens is 423 g/mol. The van der Waals surface area contributed by atoms with E-state index in [9.17, 15) is 22.8 Å². The molecule has 8 nitrogen and oxygen atoms in total. The summed E-state index contributed by atoms with van der Waals surface area (Å²) in [7, 11) is 0. The van der Waals surface area contributed by atoms with Gasteiger partial charge in [0.25, 0.3) is 0 Å². The molecule has 0 radical (unpaired) electrons. The van der Waals surface area contributed by atoms with E-state index in [1.807, 2.05) is 4.90 Å². The number of fused-ring (bicyclic) bond motifs is 1. The number of piperazine rings is 1. The van der Waals surface area contributed by atoms with Crippen LogP contribution >= 0.6 is 11.8 Å². The quantitative estimate of drug-likeness (QED) is 0.509. The van der Waals surface area contributed by atoms with Gasteiger partial charge in [-0.25, -0.2) is 14.8 Å². The largest absolute Gasteiger partial charge is 0.471 e. The second-order valence-corrected chi connectivity index (χ2v) is 8.85. The minimum Gasteiger partial charge on any atom is -0.444 e. The summed E-state index contributed by atoms with van der Waals surface area (Å²) >= 11 is 1.28. The lowest BCUT2D eigenvalue weighted by Gasteiger charge is -2.36. The van der Waals surface area contributed by atoms with Crippen LogP contribution in [0.1, 0.15) is 32.0 Å². The predicted octanol–water partition coefficient (Wildman–Crippen LogP) is 2.66. The maximum atomic E-state index is 12.9. The van der Waals surface area contributed by atoms with Gasteiger partial charge < -0.3 is 19.4 Å².